The molecule has 1 saturated carbocycles. The van der Waals surface area contributed by atoms with Crippen molar-refractivity contribution in [3.05, 3.63) is 0 Å². The van der Waals surface area contributed by atoms with Crippen molar-refractivity contribution in [1.29, 1.82) is 0 Å². The Balaban J connectivity index is 2.15. The molecule has 3 nitrogen and oxygen atoms in total. The molecule has 0 aromatic rings. The normalized spacial score (nSPS) is 17.8. The monoisotopic (exact) mass is 198 g/mol. The Hall–Kier alpha value is -0.860. The number of esters is 1. The highest BCUT2D eigenvalue weighted by molar-refractivity contribution is 5.81. The van der Waals surface area contributed by atoms with E-state index >= 15 is 0 Å². The SMILES string of the molecule is CC(=O)CCC(=O)OC1CCCCC1. The van der Waals surface area contributed by atoms with Gasteiger partial charge in [0.05, 0.1) is 6.42 Å². The first-order valence-corrected chi connectivity index (χ1v) is 5.37. The van der Waals surface area contributed by atoms with Gasteiger partial charge in [0.25, 0.3) is 0 Å². The zero-order chi connectivity index (χ0) is 10.4. The molecule has 1 aliphatic carbocycles. The Bertz CT molecular complexity index is 205. The second-order valence-corrected chi connectivity index (χ2v) is 3.95. The lowest BCUT2D eigenvalue weighted by Crippen LogP contribution is -2.21. The molecule has 0 spiro atoms. The van der Waals surface area contributed by atoms with E-state index in [0.717, 1.165) is 25.7 Å². The second-order valence-electron chi connectivity index (χ2n) is 3.95. The summed E-state index contributed by atoms with van der Waals surface area (Å²) in [5.41, 5.74) is 0. The van der Waals surface area contributed by atoms with E-state index in [1.54, 1.807) is 0 Å². The lowest BCUT2D eigenvalue weighted by atomic mass is 9.98. The number of ether oxygens (including phenoxy) is 1. The number of rotatable bonds is 4. The summed E-state index contributed by atoms with van der Waals surface area (Å²) in [5, 5.41) is 0. The van der Waals surface area contributed by atoms with Gasteiger partial charge in [0.2, 0.25) is 0 Å². The van der Waals surface area contributed by atoms with Gasteiger partial charge in [0.15, 0.2) is 0 Å². The smallest absolute Gasteiger partial charge is 0.306 e. The lowest BCUT2D eigenvalue weighted by molar-refractivity contribution is -0.151. The minimum absolute atomic E-state index is 0.0468. The molecule has 3 heteroatoms. The summed E-state index contributed by atoms with van der Waals surface area (Å²) in [6.45, 7) is 1.49. The van der Waals surface area contributed by atoms with Crippen molar-refractivity contribution in [2.75, 3.05) is 0 Å². The van der Waals surface area contributed by atoms with Crippen LogP contribution in [-0.2, 0) is 14.3 Å². The molecule has 1 rings (SSSR count). The minimum atomic E-state index is -0.216. The van der Waals surface area contributed by atoms with E-state index in [4.69, 9.17) is 4.74 Å². The van der Waals surface area contributed by atoms with Crippen LogP contribution in [-0.4, -0.2) is 17.9 Å². The summed E-state index contributed by atoms with van der Waals surface area (Å²) in [4.78, 5) is 21.9. The Morgan fingerprint density at radius 1 is 1.14 bits per heavy atom. The molecular weight excluding hydrogens is 180 g/mol. The highest BCUT2D eigenvalue weighted by Gasteiger charge is 2.17. The van der Waals surface area contributed by atoms with Crippen LogP contribution in [0.15, 0.2) is 0 Å². The highest BCUT2D eigenvalue weighted by atomic mass is 16.5. The van der Waals surface area contributed by atoms with Gasteiger partial charge in [-0.3, -0.25) is 4.79 Å². The van der Waals surface area contributed by atoms with E-state index in [0.29, 0.717) is 6.42 Å². The second kappa shape index (κ2) is 5.78. The van der Waals surface area contributed by atoms with Crippen LogP contribution < -0.4 is 0 Å². The topological polar surface area (TPSA) is 43.4 Å². The van der Waals surface area contributed by atoms with Crippen molar-refractivity contribution in [2.45, 2.75) is 58.0 Å². The maximum absolute atomic E-state index is 11.2. The summed E-state index contributed by atoms with van der Waals surface area (Å²) in [7, 11) is 0. The van der Waals surface area contributed by atoms with Crippen molar-refractivity contribution in [1.82, 2.24) is 0 Å². The van der Waals surface area contributed by atoms with Crippen LogP contribution in [0.2, 0.25) is 0 Å². The fraction of sp³-hybridized carbons (Fsp3) is 0.818. The van der Waals surface area contributed by atoms with Gasteiger partial charge in [0, 0.05) is 6.42 Å². The van der Waals surface area contributed by atoms with Gasteiger partial charge in [-0.25, -0.2) is 0 Å². The maximum atomic E-state index is 11.2. The molecule has 1 aliphatic rings. The maximum Gasteiger partial charge on any atom is 0.306 e. The minimum Gasteiger partial charge on any atom is -0.462 e. The molecule has 0 aromatic heterocycles. The molecular formula is C11H18O3. The van der Waals surface area contributed by atoms with Gasteiger partial charge < -0.3 is 9.53 Å². The van der Waals surface area contributed by atoms with Crippen LogP contribution in [0.5, 0.6) is 0 Å². The number of ketones is 1. The number of hydrogen-bond acceptors (Lipinski definition) is 3. The van der Waals surface area contributed by atoms with Gasteiger partial charge >= 0.3 is 5.97 Å². The van der Waals surface area contributed by atoms with Gasteiger partial charge in [-0.2, -0.15) is 0 Å². The third-order valence-electron chi connectivity index (χ3n) is 2.53. The molecule has 0 aromatic carbocycles. The van der Waals surface area contributed by atoms with Crippen molar-refractivity contribution < 1.29 is 14.3 Å². The molecule has 0 saturated heterocycles. The predicted molar refractivity (Wildman–Crippen MR) is 52.9 cm³/mol. The van der Waals surface area contributed by atoms with Crippen molar-refractivity contribution in [2.24, 2.45) is 0 Å². The van der Waals surface area contributed by atoms with Gasteiger partial charge in [0.1, 0.15) is 11.9 Å². The number of carbonyl (C=O) groups excluding carboxylic acids is 2. The summed E-state index contributed by atoms with van der Waals surface area (Å²) in [6, 6.07) is 0. The van der Waals surface area contributed by atoms with Crippen LogP contribution >= 0.6 is 0 Å². The van der Waals surface area contributed by atoms with Gasteiger partial charge in [-0.15, -0.1) is 0 Å². The summed E-state index contributed by atoms with van der Waals surface area (Å²) in [5.74, 6) is -0.169. The Morgan fingerprint density at radius 3 is 2.36 bits per heavy atom. The Morgan fingerprint density at radius 2 is 1.79 bits per heavy atom. The van der Waals surface area contributed by atoms with Crippen LogP contribution in [0.3, 0.4) is 0 Å². The first-order chi connectivity index (χ1) is 6.68. The molecule has 0 N–H and O–H groups in total. The van der Waals surface area contributed by atoms with Gasteiger partial charge in [-0.1, -0.05) is 6.42 Å². The van der Waals surface area contributed by atoms with Crippen molar-refractivity contribution in [3.63, 3.8) is 0 Å². The number of hydrogen-bond donors (Lipinski definition) is 0. The summed E-state index contributed by atoms with van der Waals surface area (Å²) in [6.07, 6.45) is 6.22. The number of carbonyl (C=O) groups is 2. The predicted octanol–water partition coefficient (Wildman–Crippen LogP) is 2.23. The first kappa shape index (κ1) is 11.2. The molecule has 1 fully saturated rings. The molecule has 0 atom stereocenters. The van der Waals surface area contributed by atoms with Crippen LogP contribution in [0.25, 0.3) is 0 Å². The van der Waals surface area contributed by atoms with E-state index in [1.165, 1.54) is 13.3 Å². The largest absolute Gasteiger partial charge is 0.462 e. The molecule has 0 bridgehead atoms. The van der Waals surface area contributed by atoms with E-state index in [-0.39, 0.29) is 24.3 Å². The third kappa shape index (κ3) is 4.40. The van der Waals surface area contributed by atoms with E-state index in [2.05, 4.69) is 0 Å². The molecule has 0 radical (unpaired) electrons. The average molecular weight is 198 g/mol. The van der Waals surface area contributed by atoms with Crippen LogP contribution in [0.4, 0.5) is 0 Å². The Labute approximate surface area is 84.8 Å². The fourth-order valence-corrected chi connectivity index (χ4v) is 1.71. The van der Waals surface area contributed by atoms with E-state index in [1.807, 2.05) is 0 Å². The van der Waals surface area contributed by atoms with Gasteiger partial charge in [-0.05, 0) is 32.6 Å². The molecule has 0 aliphatic heterocycles. The Kier molecular flexibility index (Phi) is 4.63. The highest BCUT2D eigenvalue weighted by Crippen LogP contribution is 2.20. The summed E-state index contributed by atoms with van der Waals surface area (Å²) < 4.78 is 5.25. The molecule has 0 unspecified atom stereocenters. The quantitative estimate of drug-likeness (QED) is 0.650. The third-order valence-corrected chi connectivity index (χ3v) is 2.53. The van der Waals surface area contributed by atoms with E-state index in [9.17, 15) is 9.59 Å². The van der Waals surface area contributed by atoms with Crippen molar-refractivity contribution >= 4 is 11.8 Å². The molecule has 0 heterocycles. The number of Topliss-reactive ketones (excluding diaryl/α,β-unsaturated/α-hetero) is 1. The zero-order valence-electron chi connectivity index (χ0n) is 8.75. The zero-order valence-corrected chi connectivity index (χ0v) is 8.75. The molecule has 80 valence electrons. The molecule has 14 heavy (non-hydrogen) atoms. The average Bonchev–Trinajstić information content (AvgIpc) is 2.16. The first-order valence-electron chi connectivity index (χ1n) is 5.37. The molecule has 0 amide bonds. The van der Waals surface area contributed by atoms with Crippen molar-refractivity contribution in [3.8, 4) is 0 Å². The van der Waals surface area contributed by atoms with Crippen LogP contribution in [0.1, 0.15) is 51.9 Å². The summed E-state index contributed by atoms with van der Waals surface area (Å²) >= 11 is 0. The van der Waals surface area contributed by atoms with E-state index < -0.39 is 0 Å². The lowest BCUT2D eigenvalue weighted by Gasteiger charge is -2.21. The fourth-order valence-electron chi connectivity index (χ4n) is 1.71. The standard InChI is InChI=1S/C11H18O3/c1-9(12)7-8-11(13)14-10-5-3-2-4-6-10/h10H,2-8H2,1H3. The van der Waals surface area contributed by atoms with Crippen LogP contribution in [0, 0.1) is 0 Å².